The summed E-state index contributed by atoms with van der Waals surface area (Å²) in [5.41, 5.74) is 0.916. The van der Waals surface area contributed by atoms with Crippen molar-refractivity contribution in [1.82, 2.24) is 15.5 Å². The Bertz CT molecular complexity index is 647. The van der Waals surface area contributed by atoms with Crippen LogP contribution in [0.5, 0.6) is 0 Å². The molecule has 3 N–H and O–H groups in total. The number of hydrogen-bond acceptors (Lipinski definition) is 5. The number of aromatic nitrogens is 2. The summed E-state index contributed by atoms with van der Waals surface area (Å²) < 4.78 is 5.38. The van der Waals surface area contributed by atoms with Crippen LogP contribution in [-0.2, 0) is 9.53 Å². The smallest absolute Gasteiger partial charge is 0.242 e. The molecule has 7 heteroatoms. The molecule has 0 radical (unpaired) electrons. The van der Waals surface area contributed by atoms with Crippen LogP contribution in [0.25, 0.3) is 10.6 Å². The molecule has 0 aliphatic carbocycles. The second-order valence-corrected chi connectivity index (χ2v) is 7.36. The molecular weight excluding hydrogens is 324 g/mol. The second-order valence-electron chi connectivity index (χ2n) is 6.41. The molecule has 1 atom stereocenters. The maximum absolute atomic E-state index is 12.7. The van der Waals surface area contributed by atoms with Crippen molar-refractivity contribution in [3.8, 4) is 10.6 Å². The minimum absolute atomic E-state index is 0.0410. The van der Waals surface area contributed by atoms with Gasteiger partial charge in [0.05, 0.1) is 16.6 Å². The monoisotopic (exact) mass is 348 g/mol. The molecule has 1 aliphatic rings. The first-order valence-electron chi connectivity index (χ1n) is 8.37. The van der Waals surface area contributed by atoms with Crippen LogP contribution in [0.4, 0.5) is 5.82 Å². The first kappa shape index (κ1) is 17.1. The van der Waals surface area contributed by atoms with E-state index in [1.54, 1.807) is 11.3 Å². The molecule has 1 amide bonds. The molecule has 0 aromatic carbocycles. The largest absolute Gasteiger partial charge is 0.381 e. The number of carbonyl (C=O) groups is 1. The molecule has 0 bridgehead atoms. The van der Waals surface area contributed by atoms with Crippen LogP contribution in [0.2, 0.25) is 0 Å². The van der Waals surface area contributed by atoms with Gasteiger partial charge in [0.25, 0.3) is 0 Å². The average molecular weight is 348 g/mol. The predicted molar refractivity (Wildman–Crippen MR) is 96.1 cm³/mol. The number of anilines is 1. The predicted octanol–water partition coefficient (Wildman–Crippen LogP) is 2.87. The molecule has 130 valence electrons. The Morgan fingerprint density at radius 2 is 2.21 bits per heavy atom. The Kier molecular flexibility index (Phi) is 5.65. The van der Waals surface area contributed by atoms with Crippen molar-refractivity contribution in [3.63, 3.8) is 0 Å². The zero-order valence-electron chi connectivity index (χ0n) is 14.0. The molecule has 1 unspecified atom stereocenters. The van der Waals surface area contributed by atoms with Gasteiger partial charge in [-0.15, -0.1) is 11.3 Å². The highest BCUT2D eigenvalue weighted by atomic mass is 32.1. The van der Waals surface area contributed by atoms with Crippen LogP contribution in [-0.4, -0.2) is 41.4 Å². The number of nitrogens with zero attached hydrogens (tertiary/aromatic N) is 1. The van der Waals surface area contributed by atoms with Crippen molar-refractivity contribution in [1.29, 1.82) is 0 Å². The zero-order valence-corrected chi connectivity index (χ0v) is 14.9. The summed E-state index contributed by atoms with van der Waals surface area (Å²) in [5, 5.41) is 15.6. The van der Waals surface area contributed by atoms with Crippen molar-refractivity contribution in [2.45, 2.75) is 38.8 Å². The Morgan fingerprint density at radius 1 is 1.42 bits per heavy atom. The van der Waals surface area contributed by atoms with Crippen LogP contribution < -0.4 is 10.6 Å². The van der Waals surface area contributed by atoms with Crippen molar-refractivity contribution in [2.75, 3.05) is 18.5 Å². The lowest BCUT2D eigenvalue weighted by atomic mass is 10.00. The van der Waals surface area contributed by atoms with E-state index in [0.717, 1.165) is 36.6 Å². The molecular formula is C17H24N4O2S. The number of hydrogen-bond donors (Lipinski definition) is 3. The van der Waals surface area contributed by atoms with Crippen molar-refractivity contribution >= 4 is 23.1 Å². The topological polar surface area (TPSA) is 79.0 Å². The SMILES string of the molecule is CC(C)C(NC1CCOCC1)C(=O)Nc1cc(-c2cccs2)[nH]n1. The number of aromatic amines is 1. The highest BCUT2D eigenvalue weighted by molar-refractivity contribution is 7.13. The standard InChI is InChI=1S/C17H24N4O2S/c1-11(2)16(18-12-5-7-23-8-6-12)17(22)19-15-10-13(20-21-15)14-4-3-9-24-14/h3-4,9-12,16,18H,5-8H2,1-2H3,(H2,19,20,21,22). The van der Waals surface area contributed by atoms with E-state index in [1.807, 2.05) is 23.6 Å². The van der Waals surface area contributed by atoms with Gasteiger partial charge in [-0.05, 0) is 30.2 Å². The van der Waals surface area contributed by atoms with Gasteiger partial charge >= 0.3 is 0 Å². The van der Waals surface area contributed by atoms with Crippen molar-refractivity contribution in [3.05, 3.63) is 23.6 Å². The van der Waals surface area contributed by atoms with Crippen molar-refractivity contribution < 1.29 is 9.53 Å². The van der Waals surface area contributed by atoms with Gasteiger partial charge in [0, 0.05) is 25.3 Å². The molecule has 0 spiro atoms. The number of carbonyl (C=O) groups excluding carboxylic acids is 1. The van der Waals surface area contributed by atoms with E-state index >= 15 is 0 Å². The second kappa shape index (κ2) is 7.92. The van der Waals surface area contributed by atoms with E-state index < -0.39 is 0 Å². The number of amides is 1. The number of ether oxygens (including phenoxy) is 1. The van der Waals surface area contributed by atoms with Gasteiger partial charge in [0.1, 0.15) is 0 Å². The minimum Gasteiger partial charge on any atom is -0.381 e. The molecule has 6 nitrogen and oxygen atoms in total. The maximum Gasteiger partial charge on any atom is 0.242 e. The van der Waals surface area contributed by atoms with Crippen LogP contribution in [0.15, 0.2) is 23.6 Å². The summed E-state index contributed by atoms with van der Waals surface area (Å²) in [6.07, 6.45) is 1.89. The summed E-state index contributed by atoms with van der Waals surface area (Å²) in [6.45, 7) is 5.62. The Labute approximate surface area is 146 Å². The third kappa shape index (κ3) is 4.23. The molecule has 1 saturated heterocycles. The van der Waals surface area contributed by atoms with Crippen LogP contribution in [0.3, 0.4) is 0 Å². The third-order valence-corrected chi connectivity index (χ3v) is 5.10. The number of H-pyrrole nitrogens is 1. The molecule has 1 aliphatic heterocycles. The summed E-state index contributed by atoms with van der Waals surface area (Å²) in [5.74, 6) is 0.715. The molecule has 2 aromatic heterocycles. The highest BCUT2D eigenvalue weighted by Crippen LogP contribution is 2.24. The van der Waals surface area contributed by atoms with E-state index in [4.69, 9.17) is 4.74 Å². The summed E-state index contributed by atoms with van der Waals surface area (Å²) >= 11 is 1.63. The van der Waals surface area contributed by atoms with Gasteiger partial charge in [0.2, 0.25) is 5.91 Å². The lowest BCUT2D eigenvalue weighted by Gasteiger charge is -2.29. The van der Waals surface area contributed by atoms with Crippen molar-refractivity contribution in [2.24, 2.45) is 5.92 Å². The van der Waals surface area contributed by atoms with Gasteiger partial charge in [-0.25, -0.2) is 0 Å². The number of nitrogens with one attached hydrogen (secondary N) is 3. The van der Waals surface area contributed by atoms with E-state index in [0.29, 0.717) is 11.9 Å². The molecule has 0 saturated carbocycles. The van der Waals surface area contributed by atoms with Gasteiger partial charge < -0.3 is 15.4 Å². The Hall–Kier alpha value is -1.70. The third-order valence-electron chi connectivity index (χ3n) is 4.20. The number of thiophene rings is 1. The van der Waals surface area contributed by atoms with E-state index in [1.165, 1.54) is 0 Å². The van der Waals surface area contributed by atoms with E-state index in [2.05, 4.69) is 34.7 Å². The zero-order chi connectivity index (χ0) is 16.9. The first-order valence-corrected chi connectivity index (χ1v) is 9.25. The summed E-state index contributed by atoms with van der Waals surface area (Å²) in [7, 11) is 0. The molecule has 24 heavy (non-hydrogen) atoms. The first-order chi connectivity index (χ1) is 11.6. The van der Waals surface area contributed by atoms with Gasteiger partial charge in [-0.2, -0.15) is 5.10 Å². The molecule has 3 heterocycles. The van der Waals surface area contributed by atoms with Crippen LogP contribution in [0, 0.1) is 5.92 Å². The average Bonchev–Trinajstić information content (AvgIpc) is 3.24. The quantitative estimate of drug-likeness (QED) is 0.750. The van der Waals surface area contributed by atoms with Gasteiger partial charge in [0.15, 0.2) is 5.82 Å². The van der Waals surface area contributed by atoms with Gasteiger partial charge in [-0.3, -0.25) is 9.89 Å². The molecule has 3 rings (SSSR count). The van der Waals surface area contributed by atoms with E-state index in [9.17, 15) is 4.79 Å². The normalized spacial score (nSPS) is 17.1. The Morgan fingerprint density at radius 3 is 2.88 bits per heavy atom. The molecule has 2 aromatic rings. The van der Waals surface area contributed by atoms with Crippen LogP contribution in [0.1, 0.15) is 26.7 Å². The lowest BCUT2D eigenvalue weighted by Crippen LogP contribution is -2.50. The minimum atomic E-state index is -0.241. The Balaban J connectivity index is 1.62. The fourth-order valence-corrected chi connectivity index (χ4v) is 3.53. The van der Waals surface area contributed by atoms with Crippen LogP contribution >= 0.6 is 11.3 Å². The fourth-order valence-electron chi connectivity index (χ4n) is 2.84. The fraction of sp³-hybridized carbons (Fsp3) is 0.529. The summed E-state index contributed by atoms with van der Waals surface area (Å²) in [6, 6.07) is 5.97. The lowest BCUT2D eigenvalue weighted by molar-refractivity contribution is -0.119. The summed E-state index contributed by atoms with van der Waals surface area (Å²) in [4.78, 5) is 13.8. The maximum atomic E-state index is 12.7. The highest BCUT2D eigenvalue weighted by Gasteiger charge is 2.26. The van der Waals surface area contributed by atoms with E-state index in [-0.39, 0.29) is 17.9 Å². The van der Waals surface area contributed by atoms with Gasteiger partial charge in [-0.1, -0.05) is 19.9 Å². The number of rotatable bonds is 6. The molecule has 1 fully saturated rings.